The molecule has 0 saturated carbocycles. The van der Waals surface area contributed by atoms with Gasteiger partial charge < -0.3 is 15.0 Å². The number of fused-ring (bicyclic) bond motifs is 1. The summed E-state index contributed by atoms with van der Waals surface area (Å²) < 4.78 is 2.11. The van der Waals surface area contributed by atoms with Gasteiger partial charge in [-0.3, -0.25) is 4.79 Å². The Balaban J connectivity index is 2.10. The number of carbonyl (C=O) groups is 1. The summed E-state index contributed by atoms with van der Waals surface area (Å²) in [6.07, 6.45) is 2.49. The van der Waals surface area contributed by atoms with Gasteiger partial charge in [-0.2, -0.15) is 0 Å². The molecule has 0 aliphatic heterocycles. The lowest BCUT2D eigenvalue weighted by Crippen LogP contribution is -2.35. The van der Waals surface area contributed by atoms with E-state index in [4.69, 9.17) is 0 Å². The molecule has 0 spiro atoms. The van der Waals surface area contributed by atoms with Crippen molar-refractivity contribution >= 4 is 16.9 Å². The predicted octanol–water partition coefficient (Wildman–Crippen LogP) is 2.85. The summed E-state index contributed by atoms with van der Waals surface area (Å²) in [7, 11) is 1.68. The van der Waals surface area contributed by atoms with Gasteiger partial charge in [0, 0.05) is 23.7 Å². The highest BCUT2D eigenvalue weighted by atomic mass is 16.4. The Kier molecular flexibility index (Phi) is 3.94. The number of hydrogen-bond donors (Lipinski definition) is 2. The zero-order valence-corrected chi connectivity index (χ0v) is 12.4. The monoisotopic (exact) mass is 294 g/mol. The lowest BCUT2D eigenvalue weighted by molar-refractivity contribution is -0.139. The van der Waals surface area contributed by atoms with Crippen molar-refractivity contribution in [3.05, 3.63) is 66.4 Å². The Labute approximate surface area is 129 Å². The summed E-state index contributed by atoms with van der Waals surface area (Å²) >= 11 is 0. The Morgan fingerprint density at radius 3 is 2.50 bits per heavy atom. The average Bonchev–Trinajstić information content (AvgIpc) is 2.92. The lowest BCUT2D eigenvalue weighted by atomic mass is 10.1. The molecule has 3 aromatic rings. The van der Waals surface area contributed by atoms with Gasteiger partial charge in [-0.1, -0.05) is 36.4 Å². The smallest absolute Gasteiger partial charge is 0.321 e. The van der Waals surface area contributed by atoms with Crippen LogP contribution in [0.15, 0.2) is 60.8 Å². The summed E-state index contributed by atoms with van der Waals surface area (Å²) in [6.45, 7) is 0. The number of likely N-dealkylation sites (N-methyl/N-ethyl adjacent to an activating group) is 1. The van der Waals surface area contributed by atoms with Crippen LogP contribution in [0, 0.1) is 0 Å². The van der Waals surface area contributed by atoms with Gasteiger partial charge in [0.2, 0.25) is 0 Å². The van der Waals surface area contributed by atoms with Crippen LogP contribution in [0.3, 0.4) is 0 Å². The third-order valence-electron chi connectivity index (χ3n) is 3.90. The van der Waals surface area contributed by atoms with E-state index in [0.717, 1.165) is 22.2 Å². The van der Waals surface area contributed by atoms with E-state index in [9.17, 15) is 9.90 Å². The summed E-state index contributed by atoms with van der Waals surface area (Å²) in [5.74, 6) is -0.834. The summed E-state index contributed by atoms with van der Waals surface area (Å²) in [5, 5.41) is 13.2. The van der Waals surface area contributed by atoms with Crippen LogP contribution in [-0.4, -0.2) is 28.7 Å². The number of para-hydroxylation sites is 2. The van der Waals surface area contributed by atoms with E-state index in [1.165, 1.54) is 0 Å². The molecular formula is C18H18N2O2. The maximum Gasteiger partial charge on any atom is 0.321 e. The fraction of sp³-hybridized carbons (Fsp3) is 0.167. The zero-order chi connectivity index (χ0) is 15.5. The van der Waals surface area contributed by atoms with Crippen LogP contribution in [0.4, 0.5) is 0 Å². The van der Waals surface area contributed by atoms with Crippen molar-refractivity contribution < 1.29 is 9.90 Å². The maximum absolute atomic E-state index is 11.3. The van der Waals surface area contributed by atoms with E-state index in [-0.39, 0.29) is 0 Å². The number of aliphatic carboxylic acids is 1. The highest BCUT2D eigenvalue weighted by Gasteiger charge is 2.18. The molecule has 0 amide bonds. The molecule has 1 atom stereocenters. The molecule has 1 heterocycles. The minimum absolute atomic E-state index is 0.451. The van der Waals surface area contributed by atoms with Crippen molar-refractivity contribution in [2.45, 2.75) is 12.5 Å². The summed E-state index contributed by atoms with van der Waals surface area (Å²) in [6, 6.07) is 17.6. The van der Waals surface area contributed by atoms with Crippen molar-refractivity contribution in [1.82, 2.24) is 9.88 Å². The first-order valence-corrected chi connectivity index (χ1v) is 7.25. The molecule has 112 valence electrons. The van der Waals surface area contributed by atoms with E-state index in [0.29, 0.717) is 6.42 Å². The topological polar surface area (TPSA) is 54.3 Å². The van der Waals surface area contributed by atoms with Crippen molar-refractivity contribution in [3.8, 4) is 5.69 Å². The van der Waals surface area contributed by atoms with Gasteiger partial charge in [0.05, 0.1) is 5.52 Å². The van der Waals surface area contributed by atoms with E-state index in [1.807, 2.05) is 54.7 Å². The quantitative estimate of drug-likeness (QED) is 0.761. The van der Waals surface area contributed by atoms with Gasteiger partial charge in [0.25, 0.3) is 0 Å². The first-order chi connectivity index (χ1) is 10.7. The van der Waals surface area contributed by atoms with E-state index < -0.39 is 12.0 Å². The third kappa shape index (κ3) is 2.61. The predicted molar refractivity (Wildman–Crippen MR) is 87.5 cm³/mol. The molecule has 0 unspecified atom stereocenters. The van der Waals surface area contributed by atoms with Crippen LogP contribution < -0.4 is 5.32 Å². The SMILES string of the molecule is CN[C@@H](Cc1cn(-c2ccccc2)c2ccccc12)C(=O)O. The molecule has 2 aromatic carbocycles. The normalized spacial score (nSPS) is 12.4. The number of aromatic nitrogens is 1. The van der Waals surface area contributed by atoms with Crippen LogP contribution in [0.1, 0.15) is 5.56 Å². The molecule has 1 aromatic heterocycles. The van der Waals surface area contributed by atoms with Crippen LogP contribution in [0.5, 0.6) is 0 Å². The number of carboxylic acids is 1. The largest absolute Gasteiger partial charge is 0.480 e. The van der Waals surface area contributed by atoms with Crippen LogP contribution in [0.2, 0.25) is 0 Å². The molecule has 0 aliphatic carbocycles. The minimum Gasteiger partial charge on any atom is -0.480 e. The summed E-state index contributed by atoms with van der Waals surface area (Å²) in [5.41, 5.74) is 3.19. The lowest BCUT2D eigenvalue weighted by Gasteiger charge is -2.09. The van der Waals surface area contributed by atoms with Crippen LogP contribution in [0.25, 0.3) is 16.6 Å². The molecule has 3 rings (SSSR count). The van der Waals surface area contributed by atoms with Gasteiger partial charge in [-0.05, 0) is 30.8 Å². The number of carboxylic acid groups (broad SMARTS) is 1. The Bertz CT molecular complexity index is 793. The number of nitrogens with zero attached hydrogens (tertiary/aromatic N) is 1. The first kappa shape index (κ1) is 14.4. The highest BCUT2D eigenvalue weighted by molar-refractivity contribution is 5.86. The van der Waals surface area contributed by atoms with Crippen molar-refractivity contribution in [3.63, 3.8) is 0 Å². The zero-order valence-electron chi connectivity index (χ0n) is 12.4. The molecule has 0 fully saturated rings. The minimum atomic E-state index is -0.834. The standard InChI is InChI=1S/C18H18N2O2/c1-19-16(18(21)22)11-13-12-20(14-7-3-2-4-8-14)17-10-6-5-9-15(13)17/h2-10,12,16,19H,11H2,1H3,(H,21,22)/t16-/m0/s1. The molecule has 4 heteroatoms. The van der Waals surface area contributed by atoms with E-state index in [1.54, 1.807) is 7.05 Å². The highest BCUT2D eigenvalue weighted by Crippen LogP contribution is 2.25. The second kappa shape index (κ2) is 6.03. The van der Waals surface area contributed by atoms with Gasteiger partial charge in [-0.15, -0.1) is 0 Å². The van der Waals surface area contributed by atoms with Gasteiger partial charge in [-0.25, -0.2) is 0 Å². The van der Waals surface area contributed by atoms with E-state index in [2.05, 4.69) is 16.0 Å². The van der Waals surface area contributed by atoms with Crippen LogP contribution >= 0.6 is 0 Å². The third-order valence-corrected chi connectivity index (χ3v) is 3.90. The number of nitrogens with one attached hydrogen (secondary N) is 1. The van der Waals surface area contributed by atoms with Gasteiger partial charge >= 0.3 is 5.97 Å². The number of rotatable bonds is 5. The van der Waals surface area contributed by atoms with Gasteiger partial charge in [0.15, 0.2) is 0 Å². The van der Waals surface area contributed by atoms with Crippen molar-refractivity contribution in [2.75, 3.05) is 7.05 Å². The van der Waals surface area contributed by atoms with Crippen molar-refractivity contribution in [2.24, 2.45) is 0 Å². The molecule has 0 radical (unpaired) electrons. The molecule has 22 heavy (non-hydrogen) atoms. The number of hydrogen-bond acceptors (Lipinski definition) is 2. The molecule has 0 bridgehead atoms. The fourth-order valence-electron chi connectivity index (χ4n) is 2.75. The Morgan fingerprint density at radius 1 is 1.14 bits per heavy atom. The Morgan fingerprint density at radius 2 is 1.82 bits per heavy atom. The first-order valence-electron chi connectivity index (χ1n) is 7.25. The molecule has 4 nitrogen and oxygen atoms in total. The molecule has 2 N–H and O–H groups in total. The molecule has 0 saturated heterocycles. The van der Waals surface area contributed by atoms with Gasteiger partial charge in [0.1, 0.15) is 6.04 Å². The Hall–Kier alpha value is -2.59. The second-order valence-corrected chi connectivity index (χ2v) is 5.26. The molecule has 0 aliphatic rings. The summed E-state index contributed by atoms with van der Waals surface area (Å²) in [4.78, 5) is 11.3. The maximum atomic E-state index is 11.3. The van der Waals surface area contributed by atoms with Crippen molar-refractivity contribution in [1.29, 1.82) is 0 Å². The fourth-order valence-corrected chi connectivity index (χ4v) is 2.75. The second-order valence-electron chi connectivity index (χ2n) is 5.26. The molecular weight excluding hydrogens is 276 g/mol. The average molecular weight is 294 g/mol. The van der Waals surface area contributed by atoms with E-state index >= 15 is 0 Å². The van der Waals surface area contributed by atoms with Crippen LogP contribution in [-0.2, 0) is 11.2 Å². The number of benzene rings is 2.